The summed E-state index contributed by atoms with van der Waals surface area (Å²) in [5, 5.41) is 0. The van der Waals surface area contributed by atoms with Crippen molar-refractivity contribution in [3.63, 3.8) is 0 Å². The molecule has 1 aliphatic rings. The van der Waals surface area contributed by atoms with Crippen molar-refractivity contribution in [2.24, 2.45) is 0 Å². The van der Waals surface area contributed by atoms with E-state index in [1.54, 1.807) is 25.1 Å². The molecule has 0 bridgehead atoms. The third-order valence-electron chi connectivity index (χ3n) is 3.42. The minimum Gasteiger partial charge on any atom is -0.462 e. The van der Waals surface area contributed by atoms with E-state index in [1.807, 2.05) is 0 Å². The van der Waals surface area contributed by atoms with Gasteiger partial charge in [-0.15, -0.1) is 11.8 Å². The number of esters is 1. The third-order valence-corrected chi connectivity index (χ3v) is 4.49. The van der Waals surface area contributed by atoms with Crippen molar-refractivity contribution in [3.05, 3.63) is 53.1 Å². The molecule has 0 spiro atoms. The highest BCUT2D eigenvalue weighted by atomic mass is 32.2. The van der Waals surface area contributed by atoms with Gasteiger partial charge in [0.15, 0.2) is 23.1 Å². The lowest BCUT2D eigenvalue weighted by Crippen LogP contribution is -2.10. The maximum atomic E-state index is 14.2. The van der Waals surface area contributed by atoms with E-state index in [2.05, 4.69) is 0 Å². The van der Waals surface area contributed by atoms with Gasteiger partial charge in [-0.1, -0.05) is 6.07 Å². The van der Waals surface area contributed by atoms with Gasteiger partial charge in [0.05, 0.1) is 17.1 Å². The van der Waals surface area contributed by atoms with Gasteiger partial charge in [0.1, 0.15) is 0 Å². The third kappa shape index (κ3) is 3.17. The van der Waals surface area contributed by atoms with Crippen molar-refractivity contribution in [1.29, 1.82) is 0 Å². The number of carbonyl (C=O) groups excluding carboxylic acids is 1. The average molecular weight is 352 g/mol. The summed E-state index contributed by atoms with van der Waals surface area (Å²) in [5.41, 5.74) is -0.0111. The second-order valence-corrected chi connectivity index (χ2v) is 5.90. The first-order valence-electron chi connectivity index (χ1n) is 7.27. The molecule has 0 N–H and O–H groups in total. The molecule has 0 aliphatic carbocycles. The van der Waals surface area contributed by atoms with Crippen LogP contribution in [-0.4, -0.2) is 19.4 Å². The molecule has 0 fully saturated rings. The second kappa shape index (κ2) is 7.09. The van der Waals surface area contributed by atoms with Crippen molar-refractivity contribution in [2.75, 3.05) is 13.4 Å². The number of fused-ring (bicyclic) bond motifs is 1. The lowest BCUT2D eigenvalue weighted by Gasteiger charge is -2.11. The van der Waals surface area contributed by atoms with Gasteiger partial charge in [-0.05, 0) is 31.2 Å². The molecule has 126 valence electrons. The second-order valence-electron chi connectivity index (χ2n) is 4.89. The predicted octanol–water partition coefficient (Wildman–Crippen LogP) is 4.16. The highest BCUT2D eigenvalue weighted by molar-refractivity contribution is 7.98. The number of carbonyl (C=O) groups is 1. The van der Waals surface area contributed by atoms with Crippen LogP contribution in [0.2, 0.25) is 0 Å². The number of hydrogen-bond acceptors (Lipinski definition) is 5. The summed E-state index contributed by atoms with van der Waals surface area (Å²) in [6, 6.07) is 7.50. The lowest BCUT2D eigenvalue weighted by atomic mass is 10.1. The Morgan fingerprint density at radius 2 is 2.08 bits per heavy atom. The summed E-state index contributed by atoms with van der Waals surface area (Å²) in [4.78, 5) is 12.7. The van der Waals surface area contributed by atoms with Gasteiger partial charge < -0.3 is 14.2 Å². The highest BCUT2D eigenvalue weighted by Gasteiger charge is 2.22. The number of hydrogen-bond donors (Lipinski definition) is 0. The Labute approximate surface area is 141 Å². The molecule has 0 radical (unpaired) electrons. The zero-order chi connectivity index (χ0) is 17.1. The van der Waals surface area contributed by atoms with Gasteiger partial charge in [-0.2, -0.15) is 0 Å². The fourth-order valence-electron chi connectivity index (χ4n) is 2.30. The SMILES string of the molecule is CCOC(=O)c1ccc(F)c(F)c1CSc1cccc2c1OCO2. The van der Waals surface area contributed by atoms with Crippen molar-refractivity contribution < 1.29 is 27.8 Å². The number of ether oxygens (including phenoxy) is 3. The van der Waals surface area contributed by atoms with Gasteiger partial charge >= 0.3 is 5.97 Å². The molecule has 0 saturated carbocycles. The minimum absolute atomic E-state index is 0.0213. The molecule has 0 saturated heterocycles. The van der Waals surface area contributed by atoms with Crippen molar-refractivity contribution >= 4 is 17.7 Å². The quantitative estimate of drug-likeness (QED) is 0.597. The number of rotatable bonds is 5. The van der Waals surface area contributed by atoms with Crippen LogP contribution in [0, 0.1) is 11.6 Å². The van der Waals surface area contributed by atoms with Crippen LogP contribution in [-0.2, 0) is 10.5 Å². The number of thioether (sulfide) groups is 1. The summed E-state index contributed by atoms with van der Waals surface area (Å²) in [6.45, 7) is 1.92. The van der Waals surface area contributed by atoms with E-state index in [-0.39, 0.29) is 30.3 Å². The lowest BCUT2D eigenvalue weighted by molar-refractivity contribution is 0.0524. The highest BCUT2D eigenvalue weighted by Crippen LogP contribution is 2.42. The number of para-hydroxylation sites is 1. The van der Waals surface area contributed by atoms with Crippen LogP contribution < -0.4 is 9.47 Å². The normalized spacial score (nSPS) is 12.3. The van der Waals surface area contributed by atoms with Crippen LogP contribution in [0.3, 0.4) is 0 Å². The fourth-order valence-corrected chi connectivity index (χ4v) is 3.35. The molecule has 3 rings (SSSR count). The Morgan fingerprint density at radius 3 is 2.88 bits per heavy atom. The largest absolute Gasteiger partial charge is 0.462 e. The summed E-state index contributed by atoms with van der Waals surface area (Å²) in [5.74, 6) is -1.50. The van der Waals surface area contributed by atoms with E-state index < -0.39 is 17.6 Å². The maximum Gasteiger partial charge on any atom is 0.338 e. The maximum absolute atomic E-state index is 14.2. The summed E-state index contributed by atoms with van der Waals surface area (Å²) < 4.78 is 43.3. The monoisotopic (exact) mass is 352 g/mol. The van der Waals surface area contributed by atoms with Gasteiger partial charge in [0.25, 0.3) is 0 Å². The first-order valence-corrected chi connectivity index (χ1v) is 8.25. The molecule has 0 amide bonds. The molecule has 24 heavy (non-hydrogen) atoms. The zero-order valence-electron chi connectivity index (χ0n) is 12.8. The molecule has 1 aliphatic heterocycles. The summed E-state index contributed by atoms with van der Waals surface area (Å²) in [6.07, 6.45) is 0. The summed E-state index contributed by atoms with van der Waals surface area (Å²) in [7, 11) is 0. The summed E-state index contributed by atoms with van der Waals surface area (Å²) >= 11 is 1.23. The van der Waals surface area contributed by atoms with Crippen LogP contribution in [0.1, 0.15) is 22.8 Å². The Balaban J connectivity index is 1.88. The molecule has 0 aromatic heterocycles. The molecule has 2 aromatic rings. The van der Waals surface area contributed by atoms with Crippen LogP contribution in [0.4, 0.5) is 8.78 Å². The molecule has 0 unspecified atom stereocenters. The predicted molar refractivity (Wildman–Crippen MR) is 84.4 cm³/mol. The van der Waals surface area contributed by atoms with E-state index >= 15 is 0 Å². The van der Waals surface area contributed by atoms with E-state index in [0.717, 1.165) is 11.0 Å². The first-order chi connectivity index (χ1) is 11.6. The van der Waals surface area contributed by atoms with Crippen LogP contribution in [0.25, 0.3) is 0 Å². The van der Waals surface area contributed by atoms with Crippen molar-refractivity contribution in [2.45, 2.75) is 17.6 Å². The molecule has 0 atom stereocenters. The smallest absolute Gasteiger partial charge is 0.338 e. The molecular formula is C17H14F2O4S. The Hall–Kier alpha value is -2.28. The molecule has 7 heteroatoms. The molecular weight excluding hydrogens is 338 g/mol. The van der Waals surface area contributed by atoms with E-state index in [0.29, 0.717) is 11.5 Å². The van der Waals surface area contributed by atoms with E-state index in [1.165, 1.54) is 17.8 Å². The van der Waals surface area contributed by atoms with Gasteiger partial charge in [-0.3, -0.25) is 0 Å². The van der Waals surface area contributed by atoms with Gasteiger partial charge in [-0.25, -0.2) is 13.6 Å². The Kier molecular flexibility index (Phi) is 4.89. The molecule has 1 heterocycles. The molecule has 2 aromatic carbocycles. The number of halogens is 2. The van der Waals surface area contributed by atoms with Gasteiger partial charge in [0, 0.05) is 11.3 Å². The van der Waals surface area contributed by atoms with Gasteiger partial charge in [0.2, 0.25) is 6.79 Å². The minimum atomic E-state index is -1.04. The zero-order valence-corrected chi connectivity index (χ0v) is 13.6. The Bertz CT molecular complexity index is 779. The topological polar surface area (TPSA) is 44.8 Å². The van der Waals surface area contributed by atoms with Crippen LogP contribution >= 0.6 is 11.8 Å². The van der Waals surface area contributed by atoms with E-state index in [4.69, 9.17) is 14.2 Å². The van der Waals surface area contributed by atoms with Crippen molar-refractivity contribution in [3.8, 4) is 11.5 Å². The number of benzene rings is 2. The first kappa shape index (κ1) is 16.6. The fraction of sp³-hybridized carbons (Fsp3) is 0.235. The molecule has 4 nitrogen and oxygen atoms in total. The standard InChI is InChI=1S/C17H14F2O4S/c1-2-21-17(20)10-6-7-12(18)15(19)11(10)8-24-14-5-3-4-13-16(14)23-9-22-13/h3-7H,2,8-9H2,1H3. The Morgan fingerprint density at radius 1 is 1.25 bits per heavy atom. The van der Waals surface area contributed by atoms with Crippen molar-refractivity contribution in [1.82, 2.24) is 0 Å². The average Bonchev–Trinajstić information content (AvgIpc) is 3.05. The van der Waals surface area contributed by atoms with E-state index in [9.17, 15) is 13.6 Å². The van der Waals surface area contributed by atoms with Crippen LogP contribution in [0.5, 0.6) is 11.5 Å². The van der Waals surface area contributed by atoms with Crippen LogP contribution in [0.15, 0.2) is 35.2 Å².